The molecule has 0 heterocycles. The maximum absolute atomic E-state index is 3.65. The largest absolute Gasteiger partial charge is 0.0991 e. The summed E-state index contributed by atoms with van der Waals surface area (Å²) in [6.07, 6.45) is 7.56. The quantitative estimate of drug-likeness (QED) is 0.512. The Balaban J connectivity index is 2.33. The van der Waals surface area contributed by atoms with Crippen molar-refractivity contribution in [2.24, 2.45) is 17.8 Å². The van der Waals surface area contributed by atoms with Gasteiger partial charge < -0.3 is 0 Å². The van der Waals surface area contributed by atoms with Gasteiger partial charge in [0.25, 0.3) is 0 Å². The highest BCUT2D eigenvalue weighted by atomic mass is 14.4. The van der Waals surface area contributed by atoms with E-state index in [9.17, 15) is 0 Å². The summed E-state index contributed by atoms with van der Waals surface area (Å²) >= 11 is 0. The van der Waals surface area contributed by atoms with Gasteiger partial charge in [0.2, 0.25) is 0 Å². The van der Waals surface area contributed by atoms with E-state index in [1.807, 2.05) is 6.08 Å². The first-order chi connectivity index (χ1) is 4.75. The van der Waals surface area contributed by atoms with Crippen molar-refractivity contribution < 1.29 is 0 Å². The third-order valence-corrected chi connectivity index (χ3v) is 2.71. The molecule has 56 valence electrons. The molecule has 0 aromatic heterocycles. The molecule has 1 saturated carbocycles. The van der Waals surface area contributed by atoms with Crippen LogP contribution in [0.3, 0.4) is 0 Å². The Kier molecular flexibility index (Phi) is 2.31. The monoisotopic (exact) mass is 136 g/mol. The maximum Gasteiger partial charge on any atom is -0.0199 e. The fourth-order valence-corrected chi connectivity index (χ4v) is 1.56. The van der Waals surface area contributed by atoms with Gasteiger partial charge >= 0.3 is 0 Å². The molecule has 1 aliphatic rings. The van der Waals surface area contributed by atoms with Gasteiger partial charge in [0.1, 0.15) is 0 Å². The second-order valence-electron chi connectivity index (χ2n) is 3.36. The van der Waals surface area contributed by atoms with Crippen molar-refractivity contribution in [3.8, 4) is 0 Å². The minimum Gasteiger partial charge on any atom is -0.0991 e. The molecule has 0 aromatic rings. The first kappa shape index (κ1) is 7.59. The Bertz CT molecular complexity index is 144. The molecule has 1 fully saturated rings. The van der Waals surface area contributed by atoms with Crippen molar-refractivity contribution in [3.63, 3.8) is 0 Å². The molecule has 0 saturated heterocycles. The molecular formula is C10H16. The average molecular weight is 136 g/mol. The number of hydrogen-bond donors (Lipinski definition) is 0. The summed E-state index contributed by atoms with van der Waals surface area (Å²) in [6.45, 7) is 8.30. The molecule has 0 nitrogen and oxygen atoms in total. The van der Waals surface area contributed by atoms with E-state index >= 15 is 0 Å². The Morgan fingerprint density at radius 2 is 2.10 bits per heavy atom. The van der Waals surface area contributed by atoms with E-state index in [1.165, 1.54) is 6.42 Å². The zero-order valence-electron chi connectivity index (χ0n) is 6.88. The Morgan fingerprint density at radius 1 is 1.40 bits per heavy atom. The molecule has 3 atom stereocenters. The highest BCUT2D eigenvalue weighted by Gasteiger charge is 2.31. The van der Waals surface area contributed by atoms with Crippen LogP contribution in [0.25, 0.3) is 0 Å². The minimum absolute atomic E-state index is 0.827. The maximum atomic E-state index is 3.65. The standard InChI is InChI=1S/C10H16/c1-4-5-6-10-7-8(2)9(10)3/h4-6,8-10H,1,7H2,2-3H3/b6-5-/t8-,9+,10?/m1/s1. The third-order valence-electron chi connectivity index (χ3n) is 2.71. The molecule has 0 bridgehead atoms. The molecule has 0 spiro atoms. The van der Waals surface area contributed by atoms with Crippen LogP contribution in [0.15, 0.2) is 24.8 Å². The van der Waals surface area contributed by atoms with E-state index in [-0.39, 0.29) is 0 Å². The highest BCUT2D eigenvalue weighted by Crippen LogP contribution is 2.40. The predicted octanol–water partition coefficient (Wildman–Crippen LogP) is 3.02. The summed E-state index contributed by atoms with van der Waals surface area (Å²) in [5.41, 5.74) is 0. The average Bonchev–Trinajstić information content (AvgIpc) is 1.97. The van der Waals surface area contributed by atoms with Gasteiger partial charge in [0, 0.05) is 0 Å². The van der Waals surface area contributed by atoms with E-state index < -0.39 is 0 Å². The van der Waals surface area contributed by atoms with E-state index in [0.717, 1.165) is 17.8 Å². The van der Waals surface area contributed by atoms with Crippen LogP contribution in [0.2, 0.25) is 0 Å². The van der Waals surface area contributed by atoms with E-state index in [4.69, 9.17) is 0 Å². The summed E-state index contributed by atoms with van der Waals surface area (Å²) in [7, 11) is 0. The molecule has 0 heteroatoms. The highest BCUT2D eigenvalue weighted by molar-refractivity contribution is 5.05. The zero-order valence-corrected chi connectivity index (χ0v) is 6.88. The van der Waals surface area contributed by atoms with Crippen molar-refractivity contribution in [3.05, 3.63) is 24.8 Å². The van der Waals surface area contributed by atoms with Crippen LogP contribution < -0.4 is 0 Å². The van der Waals surface area contributed by atoms with Gasteiger partial charge in [0.05, 0.1) is 0 Å². The SMILES string of the molecule is C=C/C=C\C1C[C@@H](C)[C@@H]1C. The molecule has 1 aliphatic carbocycles. The fraction of sp³-hybridized carbons (Fsp3) is 0.600. The normalized spacial score (nSPS) is 39.6. The number of hydrogen-bond acceptors (Lipinski definition) is 0. The van der Waals surface area contributed by atoms with Crippen LogP contribution >= 0.6 is 0 Å². The van der Waals surface area contributed by atoms with Gasteiger partial charge in [-0.05, 0) is 24.2 Å². The lowest BCUT2D eigenvalue weighted by Crippen LogP contribution is -2.30. The van der Waals surface area contributed by atoms with Crippen LogP contribution in [0, 0.1) is 17.8 Å². The lowest BCUT2D eigenvalue weighted by molar-refractivity contribution is 0.145. The molecule has 0 amide bonds. The smallest absolute Gasteiger partial charge is 0.0199 e. The molecule has 0 aromatic carbocycles. The van der Waals surface area contributed by atoms with Gasteiger partial charge in [-0.25, -0.2) is 0 Å². The molecule has 1 rings (SSSR count). The zero-order chi connectivity index (χ0) is 7.56. The lowest BCUT2D eigenvalue weighted by Gasteiger charge is -2.39. The van der Waals surface area contributed by atoms with Crippen LogP contribution in [-0.4, -0.2) is 0 Å². The van der Waals surface area contributed by atoms with Gasteiger partial charge in [-0.15, -0.1) is 0 Å². The van der Waals surface area contributed by atoms with Gasteiger partial charge in [-0.1, -0.05) is 38.7 Å². The van der Waals surface area contributed by atoms with Crippen LogP contribution in [0.1, 0.15) is 20.3 Å². The fourth-order valence-electron chi connectivity index (χ4n) is 1.56. The predicted molar refractivity (Wildman–Crippen MR) is 45.8 cm³/mol. The number of rotatable bonds is 2. The van der Waals surface area contributed by atoms with Gasteiger partial charge in [-0.3, -0.25) is 0 Å². The summed E-state index contributed by atoms with van der Waals surface area (Å²) < 4.78 is 0. The second kappa shape index (κ2) is 3.05. The van der Waals surface area contributed by atoms with Crippen molar-refractivity contribution in [1.82, 2.24) is 0 Å². The van der Waals surface area contributed by atoms with E-state index in [0.29, 0.717) is 0 Å². The Morgan fingerprint density at radius 3 is 2.50 bits per heavy atom. The Labute approximate surface area is 63.6 Å². The third kappa shape index (κ3) is 1.31. The number of allylic oxidation sites excluding steroid dienone is 3. The van der Waals surface area contributed by atoms with Gasteiger partial charge in [0.15, 0.2) is 0 Å². The van der Waals surface area contributed by atoms with Crippen LogP contribution in [0.4, 0.5) is 0 Å². The van der Waals surface area contributed by atoms with Crippen molar-refractivity contribution in [2.75, 3.05) is 0 Å². The van der Waals surface area contributed by atoms with Crippen molar-refractivity contribution in [1.29, 1.82) is 0 Å². The Hall–Kier alpha value is -0.520. The van der Waals surface area contributed by atoms with Crippen molar-refractivity contribution in [2.45, 2.75) is 20.3 Å². The molecule has 0 radical (unpaired) electrons. The molecule has 0 N–H and O–H groups in total. The van der Waals surface area contributed by atoms with Crippen LogP contribution in [-0.2, 0) is 0 Å². The van der Waals surface area contributed by atoms with Crippen LogP contribution in [0.5, 0.6) is 0 Å². The molecule has 1 unspecified atom stereocenters. The van der Waals surface area contributed by atoms with Crippen molar-refractivity contribution >= 4 is 0 Å². The summed E-state index contributed by atoms with van der Waals surface area (Å²) in [5, 5.41) is 0. The first-order valence-electron chi connectivity index (χ1n) is 4.05. The molecule has 10 heavy (non-hydrogen) atoms. The summed E-state index contributed by atoms with van der Waals surface area (Å²) in [6, 6.07) is 0. The molecular weight excluding hydrogens is 120 g/mol. The topological polar surface area (TPSA) is 0 Å². The lowest BCUT2D eigenvalue weighted by atomic mass is 9.67. The minimum atomic E-state index is 0.827. The van der Waals surface area contributed by atoms with E-state index in [1.54, 1.807) is 0 Å². The van der Waals surface area contributed by atoms with E-state index in [2.05, 4.69) is 32.6 Å². The van der Waals surface area contributed by atoms with Gasteiger partial charge in [-0.2, -0.15) is 0 Å². The first-order valence-corrected chi connectivity index (χ1v) is 4.05. The summed E-state index contributed by atoms with van der Waals surface area (Å²) in [4.78, 5) is 0. The molecule has 0 aliphatic heterocycles. The second-order valence-corrected chi connectivity index (χ2v) is 3.36. The summed E-state index contributed by atoms with van der Waals surface area (Å²) in [5.74, 6) is 2.64.